The van der Waals surface area contributed by atoms with Gasteiger partial charge >= 0.3 is 8.25 Å². The molecule has 0 unspecified atom stereocenters. The topological polar surface area (TPSA) is 69.7 Å². The van der Waals surface area contributed by atoms with Gasteiger partial charge < -0.3 is 0 Å². The largest absolute Gasteiger partial charge is 0.697 e. The van der Waals surface area contributed by atoms with Crippen molar-refractivity contribution in [1.82, 2.24) is 0 Å². The normalized spacial score (nSPS) is 9.89. The van der Waals surface area contributed by atoms with E-state index < -0.39 is 8.25 Å². The average molecular weight is 273 g/mol. The molecule has 0 aromatic heterocycles. The number of Topliss-reactive ketones (excluding diaryl/α,β-unsaturated/α-hetero) is 2. The molecule has 0 aliphatic heterocycles. The van der Waals surface area contributed by atoms with E-state index in [1.165, 1.54) is 0 Å². The number of allylic oxidation sites excluding steroid dienone is 2. The second-order valence-electron chi connectivity index (χ2n) is 3.80. The Bertz CT molecular complexity index is 339. The van der Waals surface area contributed by atoms with Gasteiger partial charge in [0.2, 0.25) is 0 Å². The van der Waals surface area contributed by atoms with Crippen LogP contribution in [0.15, 0.2) is 24.3 Å². The molecule has 5 nitrogen and oxygen atoms in total. The Balaban J connectivity index is 3.67. The highest BCUT2D eigenvalue weighted by atomic mass is 31.1. The van der Waals surface area contributed by atoms with Crippen LogP contribution in [0, 0.1) is 0 Å². The molecule has 0 bridgehead atoms. The van der Waals surface area contributed by atoms with Gasteiger partial charge in [-0.2, -0.15) is 0 Å². The van der Waals surface area contributed by atoms with Crippen LogP contribution in [0.3, 0.4) is 0 Å². The SMILES string of the molecule is C=C(C)C(=O)CCO[P+](=O)OCCC(=O)C(=C)C. The zero-order chi connectivity index (χ0) is 14.1. The standard InChI is InChI=1S/C12H18O5P/c1-9(2)11(13)5-7-16-18(15)17-8-6-12(14)10(3)4/h1,3,5-8H2,2,4H3/q+1. The Morgan fingerprint density at radius 1 is 0.944 bits per heavy atom. The zero-order valence-electron chi connectivity index (χ0n) is 10.7. The third-order valence-electron chi connectivity index (χ3n) is 2.00. The summed E-state index contributed by atoms with van der Waals surface area (Å²) in [5, 5.41) is 0. The fraction of sp³-hybridized carbons (Fsp3) is 0.500. The van der Waals surface area contributed by atoms with Crippen molar-refractivity contribution in [1.29, 1.82) is 0 Å². The highest BCUT2D eigenvalue weighted by molar-refractivity contribution is 7.33. The summed E-state index contributed by atoms with van der Waals surface area (Å²) in [6.07, 6.45) is 0.231. The molecule has 0 heterocycles. The lowest BCUT2D eigenvalue weighted by molar-refractivity contribution is -0.116. The molecular weight excluding hydrogens is 255 g/mol. The van der Waals surface area contributed by atoms with Crippen molar-refractivity contribution >= 4 is 19.8 Å². The number of ketones is 2. The molecule has 0 fully saturated rings. The summed E-state index contributed by atoms with van der Waals surface area (Å²) in [6.45, 7) is 10.2. The summed E-state index contributed by atoms with van der Waals surface area (Å²) in [5.41, 5.74) is 0.864. The van der Waals surface area contributed by atoms with Crippen molar-refractivity contribution in [3.05, 3.63) is 24.3 Å². The summed E-state index contributed by atoms with van der Waals surface area (Å²) in [6, 6.07) is 0. The maximum atomic E-state index is 11.2. The van der Waals surface area contributed by atoms with Gasteiger partial charge in [-0.1, -0.05) is 13.2 Å². The Morgan fingerprint density at radius 2 is 1.28 bits per heavy atom. The highest BCUT2D eigenvalue weighted by Gasteiger charge is 2.21. The summed E-state index contributed by atoms with van der Waals surface area (Å²) in [4.78, 5) is 22.3. The molecule has 6 heteroatoms. The number of hydrogen-bond acceptors (Lipinski definition) is 5. The van der Waals surface area contributed by atoms with Crippen LogP contribution >= 0.6 is 8.25 Å². The van der Waals surface area contributed by atoms with Gasteiger partial charge in [0.25, 0.3) is 0 Å². The van der Waals surface area contributed by atoms with Crippen LogP contribution < -0.4 is 0 Å². The lowest BCUT2D eigenvalue weighted by atomic mass is 10.2. The lowest BCUT2D eigenvalue weighted by Crippen LogP contribution is -2.04. The molecule has 0 amide bonds. The van der Waals surface area contributed by atoms with Gasteiger partial charge in [-0.25, -0.2) is 0 Å². The molecule has 0 aliphatic rings. The third-order valence-corrected chi connectivity index (χ3v) is 2.79. The van der Waals surface area contributed by atoms with Crippen LogP contribution in [-0.4, -0.2) is 24.8 Å². The average Bonchev–Trinajstić information content (AvgIpc) is 2.28. The van der Waals surface area contributed by atoms with E-state index >= 15 is 0 Å². The molecule has 0 radical (unpaired) electrons. The molecular formula is C12H18O5P+. The highest BCUT2D eigenvalue weighted by Crippen LogP contribution is 2.24. The second kappa shape index (κ2) is 8.86. The molecule has 0 saturated carbocycles. The Kier molecular flexibility index (Phi) is 8.29. The van der Waals surface area contributed by atoms with Crippen molar-refractivity contribution < 1.29 is 23.2 Å². The van der Waals surface area contributed by atoms with E-state index in [1.807, 2.05) is 0 Å². The minimum Gasteiger partial charge on any atom is -0.294 e. The predicted molar refractivity (Wildman–Crippen MR) is 68.4 cm³/mol. The Hall–Kier alpha value is -1.16. The van der Waals surface area contributed by atoms with Crippen LogP contribution in [0.25, 0.3) is 0 Å². The molecule has 0 spiro atoms. The number of rotatable bonds is 10. The third kappa shape index (κ3) is 8.01. The Labute approximate surface area is 108 Å². The fourth-order valence-corrected chi connectivity index (χ4v) is 1.45. The fourth-order valence-electron chi connectivity index (χ4n) is 0.890. The van der Waals surface area contributed by atoms with E-state index in [1.54, 1.807) is 13.8 Å². The zero-order valence-corrected chi connectivity index (χ0v) is 11.6. The number of hydrogen-bond donors (Lipinski definition) is 0. The van der Waals surface area contributed by atoms with E-state index in [0.29, 0.717) is 11.1 Å². The van der Waals surface area contributed by atoms with Crippen molar-refractivity contribution in [2.45, 2.75) is 26.7 Å². The van der Waals surface area contributed by atoms with E-state index in [-0.39, 0.29) is 37.6 Å². The molecule has 0 N–H and O–H groups in total. The maximum absolute atomic E-state index is 11.2. The first-order valence-corrected chi connectivity index (χ1v) is 6.54. The van der Waals surface area contributed by atoms with Crippen LogP contribution in [0.5, 0.6) is 0 Å². The molecule has 0 aromatic carbocycles. The molecule has 0 saturated heterocycles. The first kappa shape index (κ1) is 16.8. The molecule has 0 atom stereocenters. The first-order valence-electron chi connectivity index (χ1n) is 5.45. The van der Waals surface area contributed by atoms with Gasteiger partial charge in [0.1, 0.15) is 13.2 Å². The van der Waals surface area contributed by atoms with Crippen LogP contribution in [0.2, 0.25) is 0 Å². The van der Waals surface area contributed by atoms with E-state index in [9.17, 15) is 14.2 Å². The van der Waals surface area contributed by atoms with Gasteiger partial charge in [0, 0.05) is 17.4 Å². The van der Waals surface area contributed by atoms with E-state index in [4.69, 9.17) is 9.05 Å². The molecule has 100 valence electrons. The Morgan fingerprint density at radius 3 is 1.56 bits per heavy atom. The summed E-state index contributed by atoms with van der Waals surface area (Å²) in [5.74, 6) is -0.285. The van der Waals surface area contributed by atoms with Gasteiger partial charge in [0.15, 0.2) is 11.6 Å². The van der Waals surface area contributed by atoms with Crippen molar-refractivity contribution in [2.75, 3.05) is 13.2 Å². The molecule has 0 aromatic rings. The van der Waals surface area contributed by atoms with E-state index in [0.717, 1.165) is 0 Å². The van der Waals surface area contributed by atoms with Crippen molar-refractivity contribution in [3.8, 4) is 0 Å². The molecule has 18 heavy (non-hydrogen) atoms. The van der Waals surface area contributed by atoms with Crippen molar-refractivity contribution in [3.63, 3.8) is 0 Å². The van der Waals surface area contributed by atoms with Crippen LogP contribution in [-0.2, 0) is 23.2 Å². The predicted octanol–water partition coefficient (Wildman–Crippen LogP) is 2.75. The van der Waals surface area contributed by atoms with Gasteiger partial charge in [-0.15, -0.1) is 9.05 Å². The van der Waals surface area contributed by atoms with Crippen molar-refractivity contribution in [2.24, 2.45) is 0 Å². The lowest BCUT2D eigenvalue weighted by Gasteiger charge is -1.95. The molecule has 0 aliphatic carbocycles. The molecule has 0 rings (SSSR count). The van der Waals surface area contributed by atoms with Gasteiger partial charge in [-0.3, -0.25) is 9.59 Å². The summed E-state index contributed by atoms with van der Waals surface area (Å²) in [7, 11) is -2.29. The van der Waals surface area contributed by atoms with Crippen LogP contribution in [0.4, 0.5) is 0 Å². The summed E-state index contributed by atoms with van der Waals surface area (Å²) >= 11 is 0. The maximum Gasteiger partial charge on any atom is 0.697 e. The van der Waals surface area contributed by atoms with Gasteiger partial charge in [0.05, 0.1) is 0 Å². The smallest absolute Gasteiger partial charge is 0.294 e. The second-order valence-corrected chi connectivity index (χ2v) is 4.76. The summed E-state index contributed by atoms with van der Waals surface area (Å²) < 4.78 is 20.8. The monoisotopic (exact) mass is 273 g/mol. The minimum atomic E-state index is -2.29. The van der Waals surface area contributed by atoms with Gasteiger partial charge in [-0.05, 0) is 25.0 Å². The first-order chi connectivity index (χ1) is 8.34. The quantitative estimate of drug-likeness (QED) is 0.452. The minimum absolute atomic E-state index is 0.00926. The van der Waals surface area contributed by atoms with Crippen LogP contribution in [0.1, 0.15) is 26.7 Å². The van der Waals surface area contributed by atoms with E-state index in [2.05, 4.69) is 13.2 Å². The number of carbonyl (C=O) groups is 2. The number of carbonyl (C=O) groups excluding carboxylic acids is 2.